The molecule has 3 aliphatic rings. The average molecular weight is 438 g/mol. The largest absolute Gasteiger partial charge is 0.456 e. The summed E-state index contributed by atoms with van der Waals surface area (Å²) >= 11 is 0. The van der Waals surface area contributed by atoms with Gasteiger partial charge in [-0.3, -0.25) is 4.79 Å². The number of hydrogen-bond donors (Lipinski definition) is 0. The van der Waals surface area contributed by atoms with Crippen LogP contribution >= 0.6 is 0 Å². The summed E-state index contributed by atoms with van der Waals surface area (Å²) in [4.78, 5) is 29.2. The summed E-state index contributed by atoms with van der Waals surface area (Å²) in [7, 11) is 0. The molecule has 2 saturated heterocycles. The van der Waals surface area contributed by atoms with Gasteiger partial charge >= 0.3 is 5.97 Å². The molecule has 11 heteroatoms. The zero-order valence-electron chi connectivity index (χ0n) is 18.3. The molecule has 0 aromatic carbocycles. The van der Waals surface area contributed by atoms with Gasteiger partial charge in [0.2, 0.25) is 5.91 Å². The van der Waals surface area contributed by atoms with Gasteiger partial charge in [-0.2, -0.15) is 9.78 Å². The first-order chi connectivity index (χ1) is 15.5. The highest BCUT2D eigenvalue weighted by atomic mass is 16.5. The van der Waals surface area contributed by atoms with Gasteiger partial charge in [0.05, 0.1) is 22.4 Å². The van der Waals surface area contributed by atoms with Gasteiger partial charge < -0.3 is 14.5 Å². The number of piperidine rings is 1. The number of carbonyl (C=O) groups is 2. The lowest BCUT2D eigenvalue weighted by atomic mass is 9.76. The van der Waals surface area contributed by atoms with E-state index in [1.165, 1.54) is 11.0 Å². The lowest BCUT2D eigenvalue weighted by molar-refractivity contribution is -0.138. The number of cyclic esters (lactones) is 1. The molecule has 0 saturated carbocycles. The molecule has 2 fully saturated rings. The first-order valence-electron chi connectivity index (χ1n) is 11.0. The molecular weight excluding hydrogens is 412 g/mol. The molecule has 0 unspecified atom stereocenters. The van der Waals surface area contributed by atoms with Crippen LogP contribution in [0.3, 0.4) is 0 Å². The van der Waals surface area contributed by atoms with Crippen LogP contribution in [0.4, 0.5) is 0 Å². The second-order valence-electron chi connectivity index (χ2n) is 8.86. The van der Waals surface area contributed by atoms with Gasteiger partial charge in [-0.15, -0.1) is 10.2 Å². The normalized spacial score (nSPS) is 22.1. The molecular formula is C21H26N8O3. The molecule has 2 aromatic rings. The smallest absolute Gasteiger partial charge is 0.336 e. The van der Waals surface area contributed by atoms with E-state index >= 15 is 0 Å². The fourth-order valence-corrected chi connectivity index (χ4v) is 4.97. The molecule has 11 nitrogen and oxygen atoms in total. The van der Waals surface area contributed by atoms with Crippen LogP contribution < -0.4 is 0 Å². The van der Waals surface area contributed by atoms with Crippen LogP contribution in [0.5, 0.6) is 0 Å². The van der Waals surface area contributed by atoms with Gasteiger partial charge in [0.15, 0.2) is 5.82 Å². The van der Waals surface area contributed by atoms with E-state index in [9.17, 15) is 9.59 Å². The third kappa shape index (κ3) is 3.56. The summed E-state index contributed by atoms with van der Waals surface area (Å²) < 4.78 is 6.58. The van der Waals surface area contributed by atoms with E-state index in [0.29, 0.717) is 24.0 Å². The van der Waals surface area contributed by atoms with Crippen molar-refractivity contribution in [3.8, 4) is 5.82 Å². The van der Waals surface area contributed by atoms with Crippen molar-refractivity contribution in [2.75, 3.05) is 26.2 Å². The number of ether oxygens (including phenoxy) is 1. The van der Waals surface area contributed by atoms with Crippen molar-refractivity contribution >= 4 is 11.9 Å². The van der Waals surface area contributed by atoms with Crippen LogP contribution in [0.25, 0.3) is 5.82 Å². The molecule has 168 valence electrons. The number of hydrogen-bond acceptors (Lipinski definition) is 9. The van der Waals surface area contributed by atoms with Crippen LogP contribution in [0, 0.1) is 5.41 Å². The summed E-state index contributed by atoms with van der Waals surface area (Å²) in [6, 6.07) is 4.10. The predicted octanol–water partition coefficient (Wildman–Crippen LogP) is 0.529. The Hall–Kier alpha value is -3.21. The lowest BCUT2D eigenvalue weighted by Gasteiger charge is -2.40. The van der Waals surface area contributed by atoms with Gasteiger partial charge in [0, 0.05) is 19.0 Å². The van der Waals surface area contributed by atoms with Crippen LogP contribution in [-0.4, -0.2) is 84.4 Å². The number of likely N-dealkylation sites (tertiary alicyclic amines) is 2. The predicted molar refractivity (Wildman–Crippen MR) is 111 cm³/mol. The second-order valence-corrected chi connectivity index (χ2v) is 8.86. The highest BCUT2D eigenvalue weighted by Gasteiger charge is 2.50. The third-order valence-corrected chi connectivity index (χ3v) is 7.09. The maximum Gasteiger partial charge on any atom is 0.336 e. The Kier molecular flexibility index (Phi) is 5.20. The van der Waals surface area contributed by atoms with Crippen LogP contribution in [0.1, 0.15) is 38.8 Å². The summed E-state index contributed by atoms with van der Waals surface area (Å²) in [5.74, 6) is 0.420. The van der Waals surface area contributed by atoms with E-state index in [1.54, 1.807) is 11.8 Å². The van der Waals surface area contributed by atoms with Crippen molar-refractivity contribution in [3.63, 3.8) is 0 Å². The van der Waals surface area contributed by atoms with Gasteiger partial charge in [0.25, 0.3) is 0 Å². The van der Waals surface area contributed by atoms with E-state index in [0.717, 1.165) is 50.2 Å². The Morgan fingerprint density at radius 2 is 1.91 bits per heavy atom. The SMILES string of the molecule is CC1=C(N2CCC3(CCN([C@H](C)Cc4ccc(-n5cnnn5)nn4)CC3)C2=O)COC1=O. The summed E-state index contributed by atoms with van der Waals surface area (Å²) in [5, 5.41) is 19.6. The van der Waals surface area contributed by atoms with Crippen LogP contribution in [0.15, 0.2) is 29.7 Å². The fourth-order valence-electron chi connectivity index (χ4n) is 4.97. The molecule has 5 rings (SSSR count). The topological polar surface area (TPSA) is 119 Å². The summed E-state index contributed by atoms with van der Waals surface area (Å²) in [5.41, 5.74) is 1.90. The van der Waals surface area contributed by atoms with Crippen molar-refractivity contribution in [1.29, 1.82) is 0 Å². The molecule has 0 bridgehead atoms. The minimum Gasteiger partial charge on any atom is -0.456 e. The molecule has 1 amide bonds. The molecule has 5 heterocycles. The second kappa shape index (κ2) is 8.05. The van der Waals surface area contributed by atoms with E-state index in [-0.39, 0.29) is 23.9 Å². The van der Waals surface area contributed by atoms with Crippen LogP contribution in [0.2, 0.25) is 0 Å². The van der Waals surface area contributed by atoms with Crippen LogP contribution in [-0.2, 0) is 20.7 Å². The summed E-state index contributed by atoms with van der Waals surface area (Å²) in [6.45, 7) is 6.54. The minimum atomic E-state index is -0.317. The van der Waals surface area contributed by atoms with Gasteiger partial charge in [-0.1, -0.05) is 0 Å². The minimum absolute atomic E-state index is 0.154. The third-order valence-electron chi connectivity index (χ3n) is 7.09. The molecule has 32 heavy (non-hydrogen) atoms. The Balaban J connectivity index is 1.18. The number of carbonyl (C=O) groups excluding carboxylic acids is 2. The number of aromatic nitrogens is 6. The van der Waals surface area contributed by atoms with Crippen molar-refractivity contribution in [2.24, 2.45) is 5.41 Å². The highest BCUT2D eigenvalue weighted by Crippen LogP contribution is 2.44. The zero-order valence-corrected chi connectivity index (χ0v) is 18.3. The zero-order chi connectivity index (χ0) is 22.3. The molecule has 0 N–H and O–H groups in total. The average Bonchev–Trinajstić information content (AvgIpc) is 3.52. The molecule has 3 aliphatic heterocycles. The van der Waals surface area contributed by atoms with Gasteiger partial charge in [-0.05, 0) is 68.8 Å². The highest BCUT2D eigenvalue weighted by molar-refractivity contribution is 5.94. The first-order valence-corrected chi connectivity index (χ1v) is 11.0. The van der Waals surface area contributed by atoms with Crippen molar-refractivity contribution in [3.05, 3.63) is 35.4 Å². The lowest BCUT2D eigenvalue weighted by Crippen LogP contribution is -2.48. The summed E-state index contributed by atoms with van der Waals surface area (Å²) in [6.07, 6.45) is 4.76. The number of rotatable bonds is 5. The quantitative estimate of drug-likeness (QED) is 0.616. The fraction of sp³-hybridized carbons (Fsp3) is 0.571. The van der Waals surface area contributed by atoms with Gasteiger partial charge in [-0.25, -0.2) is 4.79 Å². The Morgan fingerprint density at radius 3 is 2.53 bits per heavy atom. The van der Waals surface area contributed by atoms with Crippen molar-refractivity contribution < 1.29 is 14.3 Å². The maximum atomic E-state index is 13.3. The molecule has 1 atom stereocenters. The Morgan fingerprint density at radius 1 is 1.12 bits per heavy atom. The number of amides is 1. The maximum absolute atomic E-state index is 13.3. The van der Waals surface area contributed by atoms with E-state index in [4.69, 9.17) is 4.74 Å². The van der Waals surface area contributed by atoms with Crippen molar-refractivity contribution in [1.82, 2.24) is 40.2 Å². The van der Waals surface area contributed by atoms with E-state index in [1.807, 2.05) is 12.1 Å². The van der Waals surface area contributed by atoms with E-state index in [2.05, 4.69) is 37.5 Å². The number of nitrogens with zero attached hydrogens (tertiary/aromatic N) is 8. The Labute approximate surface area is 185 Å². The van der Waals surface area contributed by atoms with Crippen molar-refractivity contribution in [2.45, 2.75) is 45.6 Å². The van der Waals surface area contributed by atoms with E-state index < -0.39 is 0 Å². The standard InChI is InChI=1S/C21H26N8O3/c1-14(11-16-3-4-18(24-23-16)29-13-22-25-26-29)27-8-5-21(6-9-27)7-10-28(20(21)31)17-12-32-19(30)15(17)2/h3-4,13-14H,5-12H2,1-2H3/t14-/m1/s1. The molecule has 0 aliphatic carbocycles. The Bertz CT molecular complexity index is 1040. The number of tetrazole rings is 1. The monoisotopic (exact) mass is 438 g/mol. The molecule has 2 aromatic heterocycles. The van der Waals surface area contributed by atoms with Gasteiger partial charge in [0.1, 0.15) is 12.9 Å². The number of esters is 1. The molecule has 0 radical (unpaired) electrons. The first kappa shape index (κ1) is 20.7. The molecule has 1 spiro atoms.